The number of piperidine rings is 1. The predicted octanol–water partition coefficient (Wildman–Crippen LogP) is -0.595. The number of hydrogen-bond acceptors (Lipinski definition) is 3. The summed E-state index contributed by atoms with van der Waals surface area (Å²) in [4.78, 5) is 13.0. The van der Waals surface area contributed by atoms with Crippen LogP contribution in [0.5, 0.6) is 0 Å². The Morgan fingerprint density at radius 2 is 2.07 bits per heavy atom. The Hall–Kier alpha value is -0.460. The van der Waals surface area contributed by atoms with Crippen LogP contribution in [-0.2, 0) is 15.9 Å². The molecule has 3 N–H and O–H groups in total. The standard InChI is InChI=1S/C8H16N2O3S/c9-5-7-1-3-10(4-2-7)8(11)6-14(12)13/h7H,1-6,9H2,(H,12,13). The van der Waals surface area contributed by atoms with Crippen LogP contribution >= 0.6 is 0 Å². The molecule has 82 valence electrons. The number of likely N-dealkylation sites (tertiary alicyclic amines) is 1. The molecule has 0 saturated carbocycles. The quantitative estimate of drug-likeness (QED) is 0.622. The fraction of sp³-hybridized carbons (Fsp3) is 0.875. The van der Waals surface area contributed by atoms with Crippen LogP contribution in [0.3, 0.4) is 0 Å². The Morgan fingerprint density at radius 3 is 2.50 bits per heavy atom. The van der Waals surface area contributed by atoms with Gasteiger partial charge in [-0.2, -0.15) is 0 Å². The molecule has 0 aromatic heterocycles. The summed E-state index contributed by atoms with van der Waals surface area (Å²) in [5.41, 5.74) is 5.51. The van der Waals surface area contributed by atoms with Gasteiger partial charge in [-0.05, 0) is 25.3 Å². The van der Waals surface area contributed by atoms with Crippen molar-refractivity contribution in [3.63, 3.8) is 0 Å². The van der Waals surface area contributed by atoms with E-state index in [1.807, 2.05) is 0 Å². The molecule has 0 radical (unpaired) electrons. The van der Waals surface area contributed by atoms with Gasteiger partial charge in [0.2, 0.25) is 5.91 Å². The highest BCUT2D eigenvalue weighted by Gasteiger charge is 2.22. The van der Waals surface area contributed by atoms with Crippen molar-refractivity contribution in [2.24, 2.45) is 11.7 Å². The third kappa shape index (κ3) is 3.36. The van der Waals surface area contributed by atoms with Crippen molar-refractivity contribution in [2.75, 3.05) is 25.4 Å². The molecule has 0 aromatic rings. The molecule has 1 unspecified atom stereocenters. The molecular weight excluding hydrogens is 204 g/mol. The first kappa shape index (κ1) is 11.6. The molecule has 1 aliphatic heterocycles. The molecule has 6 heteroatoms. The lowest BCUT2D eigenvalue weighted by molar-refractivity contribution is -0.129. The Morgan fingerprint density at radius 1 is 1.50 bits per heavy atom. The van der Waals surface area contributed by atoms with Crippen LogP contribution in [0.15, 0.2) is 0 Å². The van der Waals surface area contributed by atoms with Gasteiger partial charge in [-0.15, -0.1) is 0 Å². The van der Waals surface area contributed by atoms with Crippen LogP contribution in [0.25, 0.3) is 0 Å². The Bertz CT molecular complexity index is 227. The summed E-state index contributed by atoms with van der Waals surface area (Å²) in [5.74, 6) is -0.0206. The number of hydrogen-bond donors (Lipinski definition) is 2. The van der Waals surface area contributed by atoms with E-state index in [9.17, 15) is 9.00 Å². The monoisotopic (exact) mass is 220 g/mol. The van der Waals surface area contributed by atoms with Gasteiger partial charge in [0.1, 0.15) is 5.75 Å². The van der Waals surface area contributed by atoms with Crippen molar-refractivity contribution in [1.82, 2.24) is 4.90 Å². The second-order valence-electron chi connectivity index (χ2n) is 3.53. The van der Waals surface area contributed by atoms with Crippen molar-refractivity contribution in [3.05, 3.63) is 0 Å². The van der Waals surface area contributed by atoms with E-state index >= 15 is 0 Å². The van der Waals surface area contributed by atoms with Crippen LogP contribution in [0.4, 0.5) is 0 Å². The van der Waals surface area contributed by atoms with Crippen LogP contribution in [0.2, 0.25) is 0 Å². The zero-order chi connectivity index (χ0) is 10.6. The highest BCUT2D eigenvalue weighted by molar-refractivity contribution is 7.80. The number of nitrogens with two attached hydrogens (primary N) is 1. The topological polar surface area (TPSA) is 83.6 Å². The fourth-order valence-electron chi connectivity index (χ4n) is 1.61. The SMILES string of the molecule is NCC1CCN(C(=O)CS(=O)O)CC1. The van der Waals surface area contributed by atoms with E-state index in [1.54, 1.807) is 4.90 Å². The van der Waals surface area contributed by atoms with Crippen LogP contribution < -0.4 is 5.73 Å². The molecule has 1 heterocycles. The minimum Gasteiger partial charge on any atom is -0.342 e. The fourth-order valence-corrected chi connectivity index (χ4v) is 2.01. The van der Waals surface area contributed by atoms with Crippen molar-refractivity contribution < 1.29 is 13.6 Å². The molecule has 0 aromatic carbocycles. The Labute approximate surface area is 85.9 Å². The summed E-state index contributed by atoms with van der Waals surface area (Å²) in [7, 11) is 0. The lowest BCUT2D eigenvalue weighted by Gasteiger charge is -2.31. The van der Waals surface area contributed by atoms with Gasteiger partial charge in [-0.1, -0.05) is 0 Å². The van der Waals surface area contributed by atoms with Crippen molar-refractivity contribution in [2.45, 2.75) is 12.8 Å². The maximum atomic E-state index is 11.3. The maximum absolute atomic E-state index is 11.3. The molecule has 1 saturated heterocycles. The second kappa shape index (κ2) is 5.43. The summed E-state index contributed by atoms with van der Waals surface area (Å²) in [6.07, 6.45) is 1.81. The summed E-state index contributed by atoms with van der Waals surface area (Å²) in [6.45, 7) is 1.99. The molecule has 1 fully saturated rings. The van der Waals surface area contributed by atoms with E-state index in [0.29, 0.717) is 25.6 Å². The highest BCUT2D eigenvalue weighted by Crippen LogP contribution is 2.15. The van der Waals surface area contributed by atoms with E-state index in [-0.39, 0.29) is 11.7 Å². The number of nitrogens with zero attached hydrogens (tertiary/aromatic N) is 1. The van der Waals surface area contributed by atoms with Gasteiger partial charge < -0.3 is 15.2 Å². The summed E-state index contributed by atoms with van der Waals surface area (Å²) in [6, 6.07) is 0. The Kier molecular flexibility index (Phi) is 4.50. The zero-order valence-corrected chi connectivity index (χ0v) is 8.83. The first-order valence-corrected chi connectivity index (χ1v) is 5.96. The normalized spacial score (nSPS) is 20.9. The highest BCUT2D eigenvalue weighted by atomic mass is 32.2. The lowest BCUT2D eigenvalue weighted by Crippen LogP contribution is -2.41. The van der Waals surface area contributed by atoms with E-state index in [1.165, 1.54) is 0 Å². The maximum Gasteiger partial charge on any atom is 0.237 e. The summed E-state index contributed by atoms with van der Waals surface area (Å²) >= 11 is -2.02. The minimum absolute atomic E-state index is 0.235. The van der Waals surface area contributed by atoms with E-state index in [2.05, 4.69) is 0 Å². The third-order valence-corrected chi connectivity index (χ3v) is 3.04. The molecule has 1 aliphatic rings. The van der Waals surface area contributed by atoms with Crippen molar-refractivity contribution in [3.8, 4) is 0 Å². The third-order valence-electron chi connectivity index (χ3n) is 2.55. The van der Waals surface area contributed by atoms with Crippen LogP contribution in [0, 0.1) is 5.92 Å². The van der Waals surface area contributed by atoms with Gasteiger partial charge in [0, 0.05) is 13.1 Å². The van der Waals surface area contributed by atoms with Gasteiger partial charge in [-0.25, -0.2) is 4.21 Å². The smallest absolute Gasteiger partial charge is 0.237 e. The molecule has 0 aliphatic carbocycles. The van der Waals surface area contributed by atoms with Crippen molar-refractivity contribution in [1.29, 1.82) is 0 Å². The first-order chi connectivity index (χ1) is 6.63. The molecule has 5 nitrogen and oxygen atoms in total. The molecule has 1 amide bonds. The number of carbonyl (C=O) groups excluding carboxylic acids is 1. The van der Waals surface area contributed by atoms with Gasteiger partial charge >= 0.3 is 0 Å². The lowest BCUT2D eigenvalue weighted by atomic mass is 9.97. The zero-order valence-electron chi connectivity index (χ0n) is 8.02. The Balaban J connectivity index is 2.34. The van der Waals surface area contributed by atoms with Gasteiger partial charge in [0.05, 0.1) is 0 Å². The minimum atomic E-state index is -2.02. The first-order valence-electron chi connectivity index (χ1n) is 4.68. The van der Waals surface area contributed by atoms with E-state index in [4.69, 9.17) is 10.3 Å². The van der Waals surface area contributed by atoms with Crippen LogP contribution in [-0.4, -0.2) is 45.0 Å². The van der Waals surface area contributed by atoms with E-state index in [0.717, 1.165) is 12.8 Å². The van der Waals surface area contributed by atoms with Gasteiger partial charge in [-0.3, -0.25) is 4.79 Å². The van der Waals surface area contributed by atoms with Crippen molar-refractivity contribution >= 4 is 17.0 Å². The molecule has 1 atom stereocenters. The predicted molar refractivity (Wildman–Crippen MR) is 54.0 cm³/mol. The van der Waals surface area contributed by atoms with Crippen LogP contribution in [0.1, 0.15) is 12.8 Å². The average molecular weight is 220 g/mol. The molecule has 1 rings (SSSR count). The summed E-state index contributed by atoms with van der Waals surface area (Å²) < 4.78 is 19.0. The second-order valence-corrected chi connectivity index (χ2v) is 4.46. The summed E-state index contributed by atoms with van der Waals surface area (Å²) in [5, 5.41) is 0. The van der Waals surface area contributed by atoms with Gasteiger partial charge in [0.15, 0.2) is 11.1 Å². The average Bonchev–Trinajstić information content (AvgIpc) is 2.17. The number of rotatable bonds is 3. The number of amides is 1. The molecule has 0 bridgehead atoms. The van der Waals surface area contributed by atoms with Gasteiger partial charge in [0.25, 0.3) is 0 Å². The molecular formula is C8H16N2O3S. The number of carbonyl (C=O) groups is 1. The molecule has 14 heavy (non-hydrogen) atoms. The largest absolute Gasteiger partial charge is 0.342 e. The van der Waals surface area contributed by atoms with E-state index < -0.39 is 11.1 Å². The molecule has 0 spiro atoms.